The zero-order valence-corrected chi connectivity index (χ0v) is 15.8. The molecule has 6 nitrogen and oxygen atoms in total. The highest BCUT2D eigenvalue weighted by atomic mass is 16.5. The van der Waals surface area contributed by atoms with Crippen LogP contribution in [0.4, 0.5) is 0 Å². The first kappa shape index (κ1) is 21.7. The van der Waals surface area contributed by atoms with Gasteiger partial charge in [-0.15, -0.1) is 0 Å². The quantitative estimate of drug-likeness (QED) is 0.483. The van der Waals surface area contributed by atoms with Gasteiger partial charge in [0.25, 0.3) is 0 Å². The number of aliphatic hydroxyl groups is 1. The van der Waals surface area contributed by atoms with E-state index in [1.807, 2.05) is 38.1 Å². The molecule has 0 bridgehead atoms. The Morgan fingerprint density at radius 2 is 1.85 bits per heavy atom. The number of carbonyl (C=O) groups is 2. The van der Waals surface area contributed by atoms with Gasteiger partial charge in [-0.2, -0.15) is 0 Å². The van der Waals surface area contributed by atoms with Gasteiger partial charge >= 0.3 is 5.97 Å². The molecule has 0 fully saturated rings. The number of hydrogen-bond acceptors (Lipinski definition) is 5. The molecule has 1 amide bonds. The highest BCUT2D eigenvalue weighted by Gasteiger charge is 2.21. The SMILES string of the molecule is CCOC(=O)CCN(C(=O)/C=C/c1ccc(OCC)cc1)C(CC)CO. The second-order valence-corrected chi connectivity index (χ2v) is 5.67. The van der Waals surface area contributed by atoms with Crippen LogP contribution in [0.15, 0.2) is 30.3 Å². The fourth-order valence-electron chi connectivity index (χ4n) is 2.47. The first-order valence-electron chi connectivity index (χ1n) is 9.03. The lowest BCUT2D eigenvalue weighted by Gasteiger charge is -2.28. The van der Waals surface area contributed by atoms with Gasteiger partial charge in [0.1, 0.15) is 5.75 Å². The Morgan fingerprint density at radius 3 is 2.38 bits per heavy atom. The summed E-state index contributed by atoms with van der Waals surface area (Å²) in [5, 5.41) is 9.53. The van der Waals surface area contributed by atoms with Gasteiger partial charge in [-0.3, -0.25) is 9.59 Å². The van der Waals surface area contributed by atoms with Gasteiger partial charge in [-0.05, 0) is 44.0 Å². The first-order chi connectivity index (χ1) is 12.5. The molecule has 0 aliphatic heterocycles. The van der Waals surface area contributed by atoms with E-state index < -0.39 is 0 Å². The number of aliphatic hydroxyl groups excluding tert-OH is 1. The van der Waals surface area contributed by atoms with E-state index in [1.54, 1.807) is 13.0 Å². The molecule has 0 aromatic heterocycles. The molecule has 0 saturated heterocycles. The molecule has 1 N–H and O–H groups in total. The molecule has 1 aromatic carbocycles. The lowest BCUT2D eigenvalue weighted by molar-refractivity contribution is -0.144. The Kier molecular flexibility index (Phi) is 10.1. The van der Waals surface area contributed by atoms with Crippen molar-refractivity contribution in [2.24, 2.45) is 0 Å². The van der Waals surface area contributed by atoms with Crippen molar-refractivity contribution in [2.45, 2.75) is 39.7 Å². The van der Waals surface area contributed by atoms with Crippen LogP contribution in [0.25, 0.3) is 6.08 Å². The Balaban J connectivity index is 2.78. The van der Waals surface area contributed by atoms with Gasteiger partial charge in [-0.25, -0.2) is 0 Å². The zero-order valence-electron chi connectivity index (χ0n) is 15.8. The van der Waals surface area contributed by atoms with E-state index in [-0.39, 0.29) is 37.5 Å². The topological polar surface area (TPSA) is 76.1 Å². The third-order valence-corrected chi connectivity index (χ3v) is 3.88. The van der Waals surface area contributed by atoms with Gasteiger partial charge in [0.2, 0.25) is 5.91 Å². The summed E-state index contributed by atoms with van der Waals surface area (Å²) in [4.78, 5) is 25.7. The zero-order chi connectivity index (χ0) is 19.4. The van der Waals surface area contributed by atoms with Crippen molar-refractivity contribution in [3.8, 4) is 5.75 Å². The fourth-order valence-corrected chi connectivity index (χ4v) is 2.47. The van der Waals surface area contributed by atoms with Crippen molar-refractivity contribution >= 4 is 18.0 Å². The van der Waals surface area contributed by atoms with Crippen LogP contribution in [0.2, 0.25) is 0 Å². The molecule has 0 aliphatic carbocycles. The van der Waals surface area contributed by atoms with Crippen LogP contribution in [-0.4, -0.2) is 54.3 Å². The molecule has 0 radical (unpaired) electrons. The van der Waals surface area contributed by atoms with E-state index in [0.29, 0.717) is 19.6 Å². The molecule has 0 spiro atoms. The largest absolute Gasteiger partial charge is 0.494 e. The van der Waals surface area contributed by atoms with Crippen LogP contribution in [-0.2, 0) is 14.3 Å². The molecule has 6 heteroatoms. The molecule has 1 unspecified atom stereocenters. The third kappa shape index (κ3) is 7.27. The minimum atomic E-state index is -0.353. The number of nitrogens with zero attached hydrogens (tertiary/aromatic N) is 1. The summed E-state index contributed by atoms with van der Waals surface area (Å²) in [6.45, 7) is 6.52. The molecule has 0 heterocycles. The summed E-state index contributed by atoms with van der Waals surface area (Å²) >= 11 is 0. The summed E-state index contributed by atoms with van der Waals surface area (Å²) in [7, 11) is 0. The molecular weight excluding hydrogens is 334 g/mol. The number of benzene rings is 1. The van der Waals surface area contributed by atoms with Gasteiger partial charge < -0.3 is 19.5 Å². The van der Waals surface area contributed by atoms with E-state index >= 15 is 0 Å². The van der Waals surface area contributed by atoms with Crippen molar-refractivity contribution in [3.05, 3.63) is 35.9 Å². The molecule has 1 aromatic rings. The van der Waals surface area contributed by atoms with Crippen LogP contribution in [0.3, 0.4) is 0 Å². The Labute approximate surface area is 155 Å². The lowest BCUT2D eigenvalue weighted by atomic mass is 10.1. The van der Waals surface area contributed by atoms with Crippen molar-refractivity contribution < 1.29 is 24.2 Å². The van der Waals surface area contributed by atoms with Crippen molar-refractivity contribution in [3.63, 3.8) is 0 Å². The fraction of sp³-hybridized carbons (Fsp3) is 0.500. The number of rotatable bonds is 11. The van der Waals surface area contributed by atoms with Crippen LogP contribution in [0.1, 0.15) is 39.2 Å². The number of hydrogen-bond donors (Lipinski definition) is 1. The van der Waals surface area contributed by atoms with Crippen molar-refractivity contribution in [2.75, 3.05) is 26.4 Å². The van der Waals surface area contributed by atoms with Gasteiger partial charge in [0.05, 0.1) is 32.3 Å². The van der Waals surface area contributed by atoms with Crippen molar-refractivity contribution in [1.82, 2.24) is 4.90 Å². The highest BCUT2D eigenvalue weighted by molar-refractivity contribution is 5.92. The van der Waals surface area contributed by atoms with E-state index in [0.717, 1.165) is 11.3 Å². The number of carbonyl (C=O) groups excluding carboxylic acids is 2. The summed E-state index contributed by atoms with van der Waals surface area (Å²) in [6.07, 6.45) is 3.87. The number of esters is 1. The van der Waals surface area contributed by atoms with Gasteiger partial charge in [0, 0.05) is 12.6 Å². The Bertz CT molecular complexity index is 578. The standard InChI is InChI=1S/C20H29NO5/c1-4-17(15-22)21(14-13-20(24)26-6-3)19(23)12-9-16-7-10-18(11-8-16)25-5-2/h7-12,17,22H,4-6,13-15H2,1-3H3/b12-9+. The maximum Gasteiger partial charge on any atom is 0.307 e. The van der Waals surface area contributed by atoms with Crippen molar-refractivity contribution in [1.29, 1.82) is 0 Å². The van der Waals surface area contributed by atoms with E-state index in [2.05, 4.69) is 0 Å². The summed E-state index contributed by atoms with van der Waals surface area (Å²) in [6, 6.07) is 7.08. The van der Waals surface area contributed by atoms with Gasteiger partial charge in [-0.1, -0.05) is 19.1 Å². The van der Waals surface area contributed by atoms with E-state index in [4.69, 9.17) is 9.47 Å². The third-order valence-electron chi connectivity index (χ3n) is 3.88. The smallest absolute Gasteiger partial charge is 0.307 e. The van der Waals surface area contributed by atoms with Crippen LogP contribution in [0, 0.1) is 0 Å². The Morgan fingerprint density at radius 1 is 1.15 bits per heavy atom. The first-order valence-corrected chi connectivity index (χ1v) is 9.03. The summed E-state index contributed by atoms with van der Waals surface area (Å²) < 4.78 is 10.3. The average molecular weight is 363 g/mol. The van der Waals surface area contributed by atoms with Crippen LogP contribution >= 0.6 is 0 Å². The molecule has 1 rings (SSSR count). The van der Waals surface area contributed by atoms with Crippen LogP contribution in [0.5, 0.6) is 5.75 Å². The molecule has 0 saturated carbocycles. The lowest BCUT2D eigenvalue weighted by Crippen LogP contribution is -2.42. The van der Waals surface area contributed by atoms with Gasteiger partial charge in [0.15, 0.2) is 0 Å². The molecule has 26 heavy (non-hydrogen) atoms. The summed E-state index contributed by atoms with van der Waals surface area (Å²) in [5.41, 5.74) is 0.865. The average Bonchev–Trinajstić information content (AvgIpc) is 2.64. The normalized spacial score (nSPS) is 12.0. The summed E-state index contributed by atoms with van der Waals surface area (Å²) in [5.74, 6) is 0.177. The maximum absolute atomic E-state index is 12.6. The van der Waals surface area contributed by atoms with Crippen LogP contribution < -0.4 is 4.74 Å². The number of amides is 1. The number of ether oxygens (including phenoxy) is 2. The van der Waals surface area contributed by atoms with E-state index in [9.17, 15) is 14.7 Å². The molecule has 144 valence electrons. The van der Waals surface area contributed by atoms with E-state index in [1.165, 1.54) is 11.0 Å². The predicted molar refractivity (Wildman–Crippen MR) is 101 cm³/mol. The molecule has 0 aliphatic rings. The second-order valence-electron chi connectivity index (χ2n) is 5.67. The second kappa shape index (κ2) is 12.1. The molecular formula is C20H29NO5. The Hall–Kier alpha value is -2.34. The molecule has 1 atom stereocenters. The minimum Gasteiger partial charge on any atom is -0.494 e. The maximum atomic E-state index is 12.6. The minimum absolute atomic E-state index is 0.104. The highest BCUT2D eigenvalue weighted by Crippen LogP contribution is 2.14. The predicted octanol–water partition coefficient (Wildman–Crippen LogP) is 2.65. The monoisotopic (exact) mass is 363 g/mol.